The Kier molecular flexibility index (Phi) is 19.4. The smallest absolute Gasteiger partial charge is 0.215 e. The molecule has 2 aliphatic rings. The third kappa shape index (κ3) is 10.2. The van der Waals surface area contributed by atoms with Gasteiger partial charge in [0.15, 0.2) is 8.24 Å². The van der Waals surface area contributed by atoms with Crippen LogP contribution in [-0.4, -0.2) is 14.1 Å². The van der Waals surface area contributed by atoms with Gasteiger partial charge < -0.3 is 4.98 Å². The van der Waals surface area contributed by atoms with Gasteiger partial charge in [0.25, 0.3) is 0 Å². The van der Waals surface area contributed by atoms with Gasteiger partial charge in [0.2, 0.25) is 5.91 Å². The minimum Gasteiger partial charge on any atom is -0.381 e. The molecule has 1 atom stereocenters. The summed E-state index contributed by atoms with van der Waals surface area (Å²) < 4.78 is 0. The molecular weight excluding hydrogens is 622 g/mol. The van der Waals surface area contributed by atoms with Crippen molar-refractivity contribution in [3.8, 4) is 11.1 Å². The van der Waals surface area contributed by atoms with E-state index in [1.165, 1.54) is 85.6 Å². The first kappa shape index (κ1) is 38.7. The van der Waals surface area contributed by atoms with Crippen molar-refractivity contribution in [1.29, 1.82) is 0 Å². The number of benzene rings is 2. The summed E-state index contributed by atoms with van der Waals surface area (Å²) in [5, 5.41) is 0. The van der Waals surface area contributed by atoms with E-state index in [-0.39, 0.29) is 92.8 Å². The fourth-order valence-electron chi connectivity index (χ4n) is 6.30. The van der Waals surface area contributed by atoms with E-state index in [0.29, 0.717) is 11.4 Å². The van der Waals surface area contributed by atoms with E-state index >= 15 is 0 Å². The molecule has 1 amide bonds. The van der Waals surface area contributed by atoms with E-state index in [1.807, 2.05) is 0 Å². The Morgan fingerprint density at radius 3 is 1.82 bits per heavy atom. The molecule has 0 aliphatic heterocycles. The van der Waals surface area contributed by atoms with Gasteiger partial charge in [0, 0.05) is 98.3 Å². The van der Waals surface area contributed by atoms with Crippen molar-refractivity contribution in [2.24, 2.45) is 5.92 Å². The average Bonchev–Trinajstić information content (AvgIpc) is 3.16. The number of hydrogen-bond donors (Lipinski definition) is 1. The maximum atomic E-state index is 13.6. The molecule has 0 spiro atoms. The molecule has 0 radical (unpaired) electrons. The number of fused-ring (bicyclic) bond motifs is 1. The number of amides is 1. The Morgan fingerprint density at radius 2 is 1.26 bits per heavy atom. The van der Waals surface area contributed by atoms with Crippen LogP contribution in [0.25, 0.3) is 17.2 Å². The van der Waals surface area contributed by atoms with E-state index in [2.05, 4.69) is 79.6 Å². The average molecular weight is 665 g/mol. The quantitative estimate of drug-likeness (QED) is 0.326. The van der Waals surface area contributed by atoms with Crippen LogP contribution >= 0.6 is 0 Å². The first-order valence-corrected chi connectivity index (χ1v) is 16.7. The van der Waals surface area contributed by atoms with Crippen molar-refractivity contribution < 1.29 is 91.7 Å². The Labute approximate surface area is 292 Å². The van der Waals surface area contributed by atoms with E-state index in [1.54, 1.807) is 0 Å². The van der Waals surface area contributed by atoms with E-state index in [9.17, 15) is 4.79 Å². The maximum absolute atomic E-state index is 13.6. The molecule has 2 aliphatic carbocycles. The van der Waals surface area contributed by atoms with Gasteiger partial charge >= 0.3 is 0 Å². The van der Waals surface area contributed by atoms with Crippen molar-refractivity contribution in [2.45, 2.75) is 96.2 Å². The van der Waals surface area contributed by atoms with Gasteiger partial charge in [-0.15, -0.1) is 0 Å². The summed E-state index contributed by atoms with van der Waals surface area (Å²) >= 11 is 0. The molecule has 1 fully saturated rings. The molecule has 198 valence electrons. The number of rotatable bonds is 4. The summed E-state index contributed by atoms with van der Waals surface area (Å²) in [7, 11) is -2.09. The van der Waals surface area contributed by atoms with Crippen molar-refractivity contribution in [3.63, 3.8) is 0 Å². The summed E-state index contributed by atoms with van der Waals surface area (Å²) in [5.74, 6) is 0.515. The van der Waals surface area contributed by atoms with Gasteiger partial charge in [0.05, 0.1) is 0 Å². The van der Waals surface area contributed by atoms with Crippen molar-refractivity contribution in [2.75, 3.05) is 0 Å². The summed E-state index contributed by atoms with van der Waals surface area (Å²) in [6.45, 7) is 6.97. The van der Waals surface area contributed by atoms with Gasteiger partial charge in [0.1, 0.15) is 0 Å². The van der Waals surface area contributed by atoms with Gasteiger partial charge in [-0.1, -0.05) is 131 Å². The van der Waals surface area contributed by atoms with Crippen LogP contribution in [0.1, 0.15) is 94.2 Å². The molecule has 0 bridgehead atoms. The molecule has 0 saturated heterocycles. The van der Waals surface area contributed by atoms with Crippen LogP contribution in [0.15, 0.2) is 54.1 Å². The topological polar surface area (TPSA) is 29.1 Å². The van der Waals surface area contributed by atoms with Crippen molar-refractivity contribution in [1.82, 2.24) is 4.98 Å². The van der Waals surface area contributed by atoms with E-state index in [4.69, 9.17) is 0 Å². The molecule has 7 heteroatoms. The van der Waals surface area contributed by atoms with Gasteiger partial charge in [-0.3, -0.25) is 4.79 Å². The van der Waals surface area contributed by atoms with Crippen LogP contribution in [0.4, 0.5) is 0 Å². The van der Waals surface area contributed by atoms with E-state index in [0.717, 1.165) is 12.8 Å². The molecule has 2 aromatic carbocycles. The molecule has 38 heavy (non-hydrogen) atoms. The fraction of sp³-hybridized carbons (Fsp3) is 0.516. The third-order valence-electron chi connectivity index (χ3n) is 8.01. The first-order chi connectivity index (χ1) is 16.5. The summed E-state index contributed by atoms with van der Waals surface area (Å²) in [5.41, 5.74) is 7.04. The van der Waals surface area contributed by atoms with Crippen LogP contribution in [0.3, 0.4) is 0 Å². The second-order valence-electron chi connectivity index (χ2n) is 11.2. The molecule has 2 aromatic rings. The Bertz CT molecular complexity index is 1000. The molecule has 0 heterocycles. The minimum atomic E-state index is -2.09. The third-order valence-corrected chi connectivity index (χ3v) is 11.1. The maximum Gasteiger partial charge on any atom is 0.215 e. The summed E-state index contributed by atoms with van der Waals surface area (Å²) in [4.78, 5) is 17.3. The number of carbonyl (C=O) groups is 1. The number of nitrogens with one attached hydrogen (secondary N) is 1. The van der Waals surface area contributed by atoms with Gasteiger partial charge in [-0.05, 0) is 42.0 Å². The Morgan fingerprint density at radius 1 is 0.737 bits per heavy atom. The van der Waals surface area contributed by atoms with E-state index < -0.39 is 8.24 Å². The second-order valence-corrected chi connectivity index (χ2v) is 15.4. The molecule has 1 N–H and O–H groups in total. The second kappa shape index (κ2) is 19.0. The molecule has 2 nitrogen and oxygen atoms in total. The van der Waals surface area contributed by atoms with Crippen LogP contribution < -0.4 is 4.98 Å². The van der Waals surface area contributed by atoms with Crippen LogP contribution in [0, 0.1) is 5.92 Å². The van der Waals surface area contributed by atoms with Crippen molar-refractivity contribution >= 4 is 20.2 Å². The Hall–Kier alpha value is 0.724. The zero-order chi connectivity index (χ0) is 24.0. The molecule has 1 saturated carbocycles. The number of allylic oxidation sites excluding steroid dienone is 1. The SMILES string of the molecule is CC1=Cc2c(-c3ccccc3)cccc2C1[Si](C)(C)NC(=O)C1CCCCCCCCCCC1.[Ti].[Ti].[Ti].[Ti]. The molecular formula is C31H43NOSiTi4. The summed E-state index contributed by atoms with van der Waals surface area (Å²) in [6, 6.07) is 17.4. The zero-order valence-electron chi connectivity index (χ0n) is 23.5. The molecule has 1 unspecified atom stereocenters. The van der Waals surface area contributed by atoms with Crippen LogP contribution in [0.2, 0.25) is 13.1 Å². The zero-order valence-corrected chi connectivity index (χ0v) is 30.8. The Balaban J connectivity index is 0.00000342. The predicted octanol–water partition coefficient (Wildman–Crippen LogP) is 8.63. The van der Waals surface area contributed by atoms with Crippen LogP contribution in [-0.2, 0) is 91.7 Å². The van der Waals surface area contributed by atoms with Crippen molar-refractivity contribution in [3.05, 3.63) is 65.2 Å². The van der Waals surface area contributed by atoms with Crippen LogP contribution in [0.5, 0.6) is 0 Å². The summed E-state index contributed by atoms with van der Waals surface area (Å²) in [6.07, 6.45) is 16.3. The molecule has 4 rings (SSSR count). The predicted molar refractivity (Wildman–Crippen MR) is 148 cm³/mol. The molecule has 0 aromatic heterocycles. The largest absolute Gasteiger partial charge is 0.381 e. The van der Waals surface area contributed by atoms with Gasteiger partial charge in [-0.2, -0.15) is 0 Å². The number of carbonyl (C=O) groups excluding carboxylic acids is 1. The first-order valence-electron chi connectivity index (χ1n) is 13.7. The fourth-order valence-corrected chi connectivity index (χ4v) is 9.53. The normalized spacial score (nSPS) is 18.4. The standard InChI is InChI=1S/C31H43NOSi.4Ti/c1-24-23-29-27(25-17-14-11-15-18-25)21-16-22-28(29)30(24)34(2,3)32-31(33)26-19-12-9-7-5-4-6-8-10-13-20-26;;;;/h11,14-18,21-23,26,30H,4-10,12-13,19-20H2,1-3H3,(H,32,33);;;;. The monoisotopic (exact) mass is 665 g/mol. The number of hydrogen-bond acceptors (Lipinski definition) is 1. The minimum absolute atomic E-state index is 0. The van der Waals surface area contributed by atoms with Gasteiger partial charge in [-0.25, -0.2) is 0 Å².